The van der Waals surface area contributed by atoms with Gasteiger partial charge in [-0.1, -0.05) is 13.8 Å². The van der Waals surface area contributed by atoms with Gasteiger partial charge in [0.2, 0.25) is 5.91 Å². The van der Waals surface area contributed by atoms with Crippen LogP contribution in [0.1, 0.15) is 47.0 Å². The summed E-state index contributed by atoms with van der Waals surface area (Å²) >= 11 is 0. The summed E-state index contributed by atoms with van der Waals surface area (Å²) in [5.41, 5.74) is 0. The number of carbonyl (C=O) groups excluding carboxylic acids is 1. The van der Waals surface area contributed by atoms with Crippen molar-refractivity contribution in [3.63, 3.8) is 0 Å². The van der Waals surface area contributed by atoms with Crippen molar-refractivity contribution in [2.45, 2.75) is 59.0 Å². The lowest BCUT2D eigenvalue weighted by Crippen LogP contribution is -2.39. The molecule has 1 fully saturated rings. The Balaban J connectivity index is 2.28. The highest BCUT2D eigenvalue weighted by atomic mass is 16.1. The van der Waals surface area contributed by atoms with Crippen molar-refractivity contribution in [3.05, 3.63) is 0 Å². The molecule has 1 aliphatic rings. The van der Waals surface area contributed by atoms with Crippen LogP contribution in [0.3, 0.4) is 0 Å². The standard InChI is InChI=1S/C14H28N4O/c1-5-11(4)17-13(19)7-8-16-14(15-6-2)18-12-9-10(12)3/h10-12H,5-9H2,1-4H3,(H,17,19)(H2,15,16,18). The molecule has 3 atom stereocenters. The van der Waals surface area contributed by atoms with Gasteiger partial charge in [-0.15, -0.1) is 0 Å². The Hall–Kier alpha value is -1.26. The summed E-state index contributed by atoms with van der Waals surface area (Å²) in [6, 6.07) is 0.793. The van der Waals surface area contributed by atoms with Gasteiger partial charge < -0.3 is 16.0 Å². The van der Waals surface area contributed by atoms with Crippen LogP contribution >= 0.6 is 0 Å². The number of hydrogen-bond donors (Lipinski definition) is 3. The van der Waals surface area contributed by atoms with E-state index in [0.717, 1.165) is 24.8 Å². The number of aliphatic imine (C=N–C) groups is 1. The second-order valence-electron chi connectivity index (χ2n) is 5.35. The van der Waals surface area contributed by atoms with Crippen molar-refractivity contribution in [1.29, 1.82) is 0 Å². The first kappa shape index (κ1) is 15.8. The van der Waals surface area contributed by atoms with Crippen LogP contribution in [-0.2, 0) is 4.79 Å². The highest BCUT2D eigenvalue weighted by Crippen LogP contribution is 2.28. The SMILES string of the molecule is CCNC(=NCCC(=O)NC(C)CC)NC1CC1C. The van der Waals surface area contributed by atoms with Gasteiger partial charge in [0.1, 0.15) is 0 Å². The molecule has 0 spiro atoms. The number of amides is 1. The predicted molar refractivity (Wildman–Crippen MR) is 79.2 cm³/mol. The van der Waals surface area contributed by atoms with Crippen LogP contribution in [-0.4, -0.2) is 37.0 Å². The third-order valence-electron chi connectivity index (χ3n) is 3.40. The Morgan fingerprint density at radius 3 is 2.63 bits per heavy atom. The van der Waals surface area contributed by atoms with Crippen LogP contribution in [0, 0.1) is 5.92 Å². The molecule has 0 aromatic carbocycles. The van der Waals surface area contributed by atoms with Gasteiger partial charge in [-0.05, 0) is 32.6 Å². The summed E-state index contributed by atoms with van der Waals surface area (Å²) in [5.74, 6) is 1.64. The largest absolute Gasteiger partial charge is 0.357 e. The highest BCUT2D eigenvalue weighted by Gasteiger charge is 2.33. The van der Waals surface area contributed by atoms with E-state index in [4.69, 9.17) is 0 Å². The van der Waals surface area contributed by atoms with Gasteiger partial charge in [-0.25, -0.2) is 0 Å². The Morgan fingerprint density at radius 2 is 2.11 bits per heavy atom. The molecule has 0 aromatic rings. The van der Waals surface area contributed by atoms with Gasteiger partial charge in [0.25, 0.3) is 0 Å². The lowest BCUT2D eigenvalue weighted by molar-refractivity contribution is -0.121. The number of rotatable bonds is 7. The smallest absolute Gasteiger partial charge is 0.222 e. The summed E-state index contributed by atoms with van der Waals surface area (Å²) in [5, 5.41) is 9.53. The van der Waals surface area contributed by atoms with Gasteiger partial charge in [-0.3, -0.25) is 9.79 Å². The van der Waals surface area contributed by atoms with Gasteiger partial charge >= 0.3 is 0 Å². The third-order valence-corrected chi connectivity index (χ3v) is 3.40. The van der Waals surface area contributed by atoms with Crippen LogP contribution in [0.25, 0.3) is 0 Å². The van der Waals surface area contributed by atoms with Crippen molar-refractivity contribution >= 4 is 11.9 Å². The zero-order valence-corrected chi connectivity index (χ0v) is 12.6. The molecule has 0 radical (unpaired) electrons. The minimum Gasteiger partial charge on any atom is -0.357 e. The van der Waals surface area contributed by atoms with E-state index in [-0.39, 0.29) is 11.9 Å². The molecule has 0 heterocycles. The molecule has 0 saturated heterocycles. The Bertz CT molecular complexity index is 317. The number of nitrogens with zero attached hydrogens (tertiary/aromatic N) is 1. The van der Waals surface area contributed by atoms with E-state index in [1.165, 1.54) is 6.42 Å². The molecule has 3 N–H and O–H groups in total. The molecule has 1 amide bonds. The van der Waals surface area contributed by atoms with Crippen molar-refractivity contribution in [1.82, 2.24) is 16.0 Å². The second-order valence-corrected chi connectivity index (χ2v) is 5.35. The minimum absolute atomic E-state index is 0.0775. The monoisotopic (exact) mass is 268 g/mol. The average Bonchev–Trinajstić information content (AvgIpc) is 3.04. The molecule has 0 bridgehead atoms. The Kier molecular flexibility index (Phi) is 6.67. The molecule has 0 aliphatic heterocycles. The Labute approximate surface area is 116 Å². The van der Waals surface area contributed by atoms with E-state index in [1.807, 2.05) is 13.8 Å². The van der Waals surface area contributed by atoms with E-state index in [9.17, 15) is 4.79 Å². The molecule has 5 nitrogen and oxygen atoms in total. The predicted octanol–water partition coefficient (Wildman–Crippen LogP) is 1.25. The van der Waals surface area contributed by atoms with Crippen molar-refractivity contribution in [2.75, 3.05) is 13.1 Å². The maximum absolute atomic E-state index is 11.6. The quantitative estimate of drug-likeness (QED) is 0.481. The molecule has 3 unspecified atom stereocenters. The van der Waals surface area contributed by atoms with Crippen molar-refractivity contribution < 1.29 is 4.79 Å². The van der Waals surface area contributed by atoms with Gasteiger partial charge in [0.05, 0.1) is 6.54 Å². The zero-order chi connectivity index (χ0) is 14.3. The van der Waals surface area contributed by atoms with Crippen molar-refractivity contribution in [2.24, 2.45) is 10.9 Å². The highest BCUT2D eigenvalue weighted by molar-refractivity contribution is 5.81. The number of nitrogens with one attached hydrogen (secondary N) is 3. The fraction of sp³-hybridized carbons (Fsp3) is 0.857. The van der Waals surface area contributed by atoms with E-state index < -0.39 is 0 Å². The molecule has 1 aliphatic carbocycles. The topological polar surface area (TPSA) is 65.5 Å². The van der Waals surface area contributed by atoms with Crippen LogP contribution < -0.4 is 16.0 Å². The molecular formula is C14H28N4O. The molecule has 0 aromatic heterocycles. The molecule has 5 heteroatoms. The maximum atomic E-state index is 11.6. The van der Waals surface area contributed by atoms with Gasteiger partial charge in [0.15, 0.2) is 5.96 Å². The van der Waals surface area contributed by atoms with E-state index in [0.29, 0.717) is 19.0 Å². The summed E-state index contributed by atoms with van der Waals surface area (Å²) in [4.78, 5) is 16.1. The second kappa shape index (κ2) is 8.02. The van der Waals surface area contributed by atoms with Crippen LogP contribution in [0.5, 0.6) is 0 Å². The zero-order valence-electron chi connectivity index (χ0n) is 12.6. The Morgan fingerprint density at radius 1 is 1.42 bits per heavy atom. The van der Waals surface area contributed by atoms with Crippen molar-refractivity contribution in [3.8, 4) is 0 Å². The molecule has 1 rings (SSSR count). The first-order chi connectivity index (χ1) is 9.06. The maximum Gasteiger partial charge on any atom is 0.222 e. The number of guanidine groups is 1. The average molecular weight is 268 g/mol. The lowest BCUT2D eigenvalue weighted by Gasteiger charge is -2.12. The normalized spacial score (nSPS) is 23.7. The molecule has 110 valence electrons. The lowest BCUT2D eigenvalue weighted by atomic mass is 10.2. The molecular weight excluding hydrogens is 240 g/mol. The molecule has 1 saturated carbocycles. The summed E-state index contributed by atoms with van der Waals surface area (Å²) in [7, 11) is 0. The first-order valence-corrected chi connectivity index (χ1v) is 7.41. The molecule has 19 heavy (non-hydrogen) atoms. The summed E-state index contributed by atoms with van der Waals surface area (Å²) in [6.07, 6.45) is 2.61. The number of hydrogen-bond acceptors (Lipinski definition) is 2. The fourth-order valence-corrected chi connectivity index (χ4v) is 1.74. The number of carbonyl (C=O) groups is 1. The van der Waals surface area contributed by atoms with E-state index >= 15 is 0 Å². The first-order valence-electron chi connectivity index (χ1n) is 7.41. The van der Waals surface area contributed by atoms with Crippen LogP contribution in [0.4, 0.5) is 0 Å². The summed E-state index contributed by atoms with van der Waals surface area (Å²) in [6.45, 7) is 9.71. The van der Waals surface area contributed by atoms with E-state index in [1.54, 1.807) is 0 Å². The summed E-state index contributed by atoms with van der Waals surface area (Å²) < 4.78 is 0. The van der Waals surface area contributed by atoms with Gasteiger partial charge in [0, 0.05) is 25.0 Å². The van der Waals surface area contributed by atoms with Crippen LogP contribution in [0.2, 0.25) is 0 Å². The van der Waals surface area contributed by atoms with E-state index in [2.05, 4.69) is 34.8 Å². The minimum atomic E-state index is 0.0775. The van der Waals surface area contributed by atoms with Gasteiger partial charge in [-0.2, -0.15) is 0 Å². The van der Waals surface area contributed by atoms with Crippen LogP contribution in [0.15, 0.2) is 4.99 Å². The third kappa shape index (κ3) is 6.45. The fourth-order valence-electron chi connectivity index (χ4n) is 1.74.